The van der Waals surface area contributed by atoms with Crippen LogP contribution < -0.4 is 10.5 Å². The molecule has 156 valence electrons. The van der Waals surface area contributed by atoms with Crippen LogP contribution in [0.3, 0.4) is 0 Å². The van der Waals surface area contributed by atoms with Crippen LogP contribution in [0, 0.1) is 11.3 Å². The molecule has 4 rings (SSSR count). The average Bonchev–Trinajstić information content (AvgIpc) is 3.04. The zero-order valence-electron chi connectivity index (χ0n) is 17.3. The Balaban J connectivity index is 1.82. The Bertz CT molecular complexity index is 1000. The smallest absolute Gasteiger partial charge is 0.218 e. The van der Waals surface area contributed by atoms with Gasteiger partial charge in [0.15, 0.2) is 0 Å². The fourth-order valence-corrected chi connectivity index (χ4v) is 3.92. The second-order valence-electron chi connectivity index (χ2n) is 7.67. The van der Waals surface area contributed by atoms with Crippen molar-refractivity contribution in [2.75, 3.05) is 20.3 Å². The number of hydroxylamine groups is 2. The number of ether oxygens (including phenoxy) is 2. The Hall–Kier alpha value is -3.08. The fourth-order valence-electron chi connectivity index (χ4n) is 3.92. The molecule has 2 aliphatic heterocycles. The maximum atomic E-state index is 9.26. The van der Waals surface area contributed by atoms with Crippen molar-refractivity contribution in [3.63, 3.8) is 0 Å². The molecule has 0 amide bonds. The summed E-state index contributed by atoms with van der Waals surface area (Å²) in [5, 5.41) is 10.8. The van der Waals surface area contributed by atoms with Gasteiger partial charge < -0.3 is 15.2 Å². The summed E-state index contributed by atoms with van der Waals surface area (Å²) >= 11 is 0. The van der Waals surface area contributed by atoms with Gasteiger partial charge in [0.2, 0.25) is 11.7 Å². The number of hydrogen-bond donors (Lipinski definition) is 1. The summed E-state index contributed by atoms with van der Waals surface area (Å²) < 4.78 is 11.9. The predicted molar refractivity (Wildman–Crippen MR) is 114 cm³/mol. The molecule has 0 fully saturated rings. The molecule has 0 radical (unpaired) electrons. The Morgan fingerprint density at radius 1 is 1.20 bits per heavy atom. The van der Waals surface area contributed by atoms with Crippen molar-refractivity contribution in [3.8, 4) is 22.9 Å². The molecule has 2 heterocycles. The van der Waals surface area contributed by atoms with Gasteiger partial charge in [-0.2, -0.15) is 5.26 Å². The molecule has 0 saturated heterocycles. The van der Waals surface area contributed by atoms with E-state index in [2.05, 4.69) is 13.0 Å². The van der Waals surface area contributed by atoms with E-state index in [0.717, 1.165) is 29.5 Å². The van der Waals surface area contributed by atoms with Crippen molar-refractivity contribution >= 4 is 5.96 Å². The summed E-state index contributed by atoms with van der Waals surface area (Å²) in [4.78, 5) is 10.9. The monoisotopic (exact) mass is 406 g/mol. The van der Waals surface area contributed by atoms with Gasteiger partial charge in [0.1, 0.15) is 12.4 Å². The second-order valence-corrected chi connectivity index (χ2v) is 7.67. The lowest BCUT2D eigenvalue weighted by atomic mass is 9.92. The van der Waals surface area contributed by atoms with E-state index >= 15 is 0 Å². The first-order valence-electron chi connectivity index (χ1n) is 10.2. The molecule has 2 aromatic rings. The van der Waals surface area contributed by atoms with E-state index in [4.69, 9.17) is 25.0 Å². The first-order valence-corrected chi connectivity index (χ1v) is 10.2. The minimum absolute atomic E-state index is 0.136. The Labute approximate surface area is 176 Å². The van der Waals surface area contributed by atoms with Crippen LogP contribution in [0.1, 0.15) is 37.3 Å². The van der Waals surface area contributed by atoms with Crippen LogP contribution in [0.25, 0.3) is 11.1 Å². The molecule has 1 spiro atoms. The quantitative estimate of drug-likeness (QED) is 0.779. The van der Waals surface area contributed by atoms with E-state index in [1.165, 1.54) is 5.06 Å². The number of nitrogens with zero attached hydrogens (tertiary/aromatic N) is 3. The Kier molecular flexibility index (Phi) is 5.62. The number of benzene rings is 2. The fraction of sp³-hybridized carbons (Fsp3) is 0.391. The standard InChI is InChI=1S/C23H26N4O3/c1-16-5-4-10-23(26-22(25)27(2)30-23)20-14-19(8-9-21(20)29-12-11-28-16)18-7-3-6-17(13-18)15-24/h3,6-9,13-14,16H,4-5,10-12H2,1-2H3,(H2,25,26)/t16-,23-/m1/s1. The van der Waals surface area contributed by atoms with Crippen LogP contribution in [0.2, 0.25) is 0 Å². The molecular formula is C23H26N4O3. The first kappa shape index (κ1) is 20.2. The van der Waals surface area contributed by atoms with Gasteiger partial charge in [0.05, 0.1) is 29.9 Å². The lowest BCUT2D eigenvalue weighted by molar-refractivity contribution is -0.177. The molecule has 7 heteroatoms. The molecule has 0 saturated carbocycles. The summed E-state index contributed by atoms with van der Waals surface area (Å²) in [6, 6.07) is 15.7. The highest BCUT2D eigenvalue weighted by Gasteiger charge is 2.43. The third kappa shape index (κ3) is 3.97. The molecule has 0 aliphatic carbocycles. The molecular weight excluding hydrogens is 380 g/mol. The van der Waals surface area contributed by atoms with E-state index in [1.807, 2.05) is 36.4 Å². The normalized spacial score (nSPS) is 24.4. The third-order valence-electron chi connectivity index (χ3n) is 5.50. The van der Waals surface area contributed by atoms with Crippen molar-refractivity contribution in [1.82, 2.24) is 5.06 Å². The van der Waals surface area contributed by atoms with Crippen LogP contribution in [0.4, 0.5) is 0 Å². The minimum Gasteiger partial charge on any atom is -0.491 e. The zero-order valence-corrected chi connectivity index (χ0v) is 17.3. The second kappa shape index (κ2) is 8.34. The zero-order chi connectivity index (χ0) is 21.1. The van der Waals surface area contributed by atoms with E-state index in [-0.39, 0.29) is 6.10 Å². The van der Waals surface area contributed by atoms with Crippen molar-refractivity contribution in [1.29, 1.82) is 5.26 Å². The maximum Gasteiger partial charge on any atom is 0.218 e. The van der Waals surface area contributed by atoms with E-state index < -0.39 is 5.72 Å². The number of rotatable bonds is 1. The lowest BCUT2D eigenvalue weighted by Crippen LogP contribution is -2.32. The highest BCUT2D eigenvalue weighted by Crippen LogP contribution is 2.44. The molecule has 0 aromatic heterocycles. The molecule has 2 aromatic carbocycles. The van der Waals surface area contributed by atoms with Crippen LogP contribution in [0.5, 0.6) is 5.75 Å². The average molecular weight is 406 g/mol. The highest BCUT2D eigenvalue weighted by molar-refractivity contribution is 5.79. The molecule has 0 bridgehead atoms. The topological polar surface area (TPSA) is 93.1 Å². The van der Waals surface area contributed by atoms with Gasteiger partial charge in [-0.3, -0.25) is 0 Å². The molecule has 2 atom stereocenters. The van der Waals surface area contributed by atoms with Crippen LogP contribution >= 0.6 is 0 Å². The number of nitrogens with two attached hydrogens (primary N) is 1. The van der Waals surface area contributed by atoms with Crippen molar-refractivity contribution in [2.24, 2.45) is 10.7 Å². The number of hydrogen-bond acceptors (Lipinski definition) is 7. The number of fused-ring (bicyclic) bond motifs is 2. The summed E-state index contributed by atoms with van der Waals surface area (Å²) in [5.74, 6) is 1.03. The first-order chi connectivity index (χ1) is 14.5. The van der Waals surface area contributed by atoms with Gasteiger partial charge in [-0.1, -0.05) is 18.2 Å². The third-order valence-corrected chi connectivity index (χ3v) is 5.50. The lowest BCUT2D eigenvalue weighted by Gasteiger charge is -2.28. The van der Waals surface area contributed by atoms with E-state index in [0.29, 0.717) is 36.9 Å². The summed E-state index contributed by atoms with van der Waals surface area (Å²) in [6.07, 6.45) is 2.53. The molecule has 0 unspecified atom stereocenters. The Morgan fingerprint density at radius 2 is 2.03 bits per heavy atom. The minimum atomic E-state index is -0.957. The van der Waals surface area contributed by atoms with Gasteiger partial charge in [-0.25, -0.2) is 14.9 Å². The van der Waals surface area contributed by atoms with Crippen LogP contribution in [-0.2, 0) is 15.3 Å². The van der Waals surface area contributed by atoms with Crippen LogP contribution in [-0.4, -0.2) is 37.4 Å². The summed E-state index contributed by atoms with van der Waals surface area (Å²) in [7, 11) is 1.76. The van der Waals surface area contributed by atoms with Gasteiger partial charge in [0.25, 0.3) is 0 Å². The van der Waals surface area contributed by atoms with E-state index in [9.17, 15) is 5.26 Å². The molecule has 7 nitrogen and oxygen atoms in total. The van der Waals surface area contributed by atoms with Crippen molar-refractivity contribution in [2.45, 2.75) is 38.0 Å². The molecule has 2 N–H and O–H groups in total. The van der Waals surface area contributed by atoms with Gasteiger partial charge >= 0.3 is 0 Å². The highest BCUT2D eigenvalue weighted by atomic mass is 16.7. The molecule has 30 heavy (non-hydrogen) atoms. The van der Waals surface area contributed by atoms with Crippen LogP contribution in [0.15, 0.2) is 47.5 Å². The van der Waals surface area contributed by atoms with Crippen molar-refractivity contribution in [3.05, 3.63) is 53.6 Å². The SMILES string of the molecule is C[C@@H]1CCC[C@]2(N=C(N)N(C)O2)c2cc(-c3cccc(C#N)c3)ccc2OCCO1. The summed E-state index contributed by atoms with van der Waals surface area (Å²) in [5.41, 5.74) is 8.48. The van der Waals surface area contributed by atoms with Gasteiger partial charge in [-0.05, 0) is 55.2 Å². The number of aliphatic imine (C=N–C) groups is 1. The largest absolute Gasteiger partial charge is 0.491 e. The maximum absolute atomic E-state index is 9.26. The van der Waals surface area contributed by atoms with Gasteiger partial charge in [0, 0.05) is 13.5 Å². The number of guanidine groups is 1. The number of nitriles is 1. The summed E-state index contributed by atoms with van der Waals surface area (Å²) in [6.45, 7) is 3.02. The molecule has 2 aliphatic rings. The predicted octanol–water partition coefficient (Wildman–Crippen LogP) is 3.54. The Morgan fingerprint density at radius 3 is 2.80 bits per heavy atom. The van der Waals surface area contributed by atoms with Gasteiger partial charge in [-0.15, -0.1) is 0 Å². The van der Waals surface area contributed by atoms with E-state index in [1.54, 1.807) is 13.1 Å². The van der Waals surface area contributed by atoms with Crippen molar-refractivity contribution < 1.29 is 14.3 Å².